The topological polar surface area (TPSA) is 31.4 Å². The van der Waals surface area contributed by atoms with Gasteiger partial charge < -0.3 is 9.47 Å². The van der Waals surface area contributed by atoms with Crippen LogP contribution in [0.15, 0.2) is 30.6 Å². The van der Waals surface area contributed by atoms with Crippen molar-refractivity contribution in [3.63, 3.8) is 0 Å². The van der Waals surface area contributed by atoms with E-state index in [1.54, 1.807) is 6.20 Å². The molecule has 0 N–H and O–H groups in total. The predicted octanol–water partition coefficient (Wildman–Crippen LogP) is 2.25. The van der Waals surface area contributed by atoms with Crippen LogP contribution in [0.5, 0.6) is 0 Å². The summed E-state index contributed by atoms with van der Waals surface area (Å²) in [6, 6.07) is 3.94. The maximum Gasteiger partial charge on any atom is 0.160 e. The van der Waals surface area contributed by atoms with Gasteiger partial charge in [0.1, 0.15) is 0 Å². The second-order valence-corrected chi connectivity index (χ2v) is 3.45. The third-order valence-electron chi connectivity index (χ3n) is 2.22. The van der Waals surface area contributed by atoms with E-state index >= 15 is 0 Å². The molecule has 0 atom stereocenters. The first kappa shape index (κ1) is 10.3. The number of hydrogen-bond acceptors (Lipinski definition) is 3. The SMILES string of the molecule is C(=Cc1cccnc1)CC1OCCCO1. The first-order valence-corrected chi connectivity index (χ1v) is 5.25. The van der Waals surface area contributed by atoms with Crippen LogP contribution in [0.3, 0.4) is 0 Å². The second-order valence-electron chi connectivity index (χ2n) is 3.45. The van der Waals surface area contributed by atoms with Crippen molar-refractivity contribution in [1.29, 1.82) is 0 Å². The first-order chi connectivity index (χ1) is 7.45. The molecule has 80 valence electrons. The zero-order valence-corrected chi connectivity index (χ0v) is 8.63. The normalized spacial score (nSPS) is 18.4. The van der Waals surface area contributed by atoms with Crippen LogP contribution < -0.4 is 0 Å². The van der Waals surface area contributed by atoms with Crippen LogP contribution in [0.25, 0.3) is 6.08 Å². The highest BCUT2D eigenvalue weighted by molar-refractivity contribution is 5.47. The van der Waals surface area contributed by atoms with E-state index in [0.29, 0.717) is 0 Å². The van der Waals surface area contributed by atoms with E-state index in [1.165, 1.54) is 0 Å². The van der Waals surface area contributed by atoms with Crippen molar-refractivity contribution in [2.75, 3.05) is 13.2 Å². The van der Waals surface area contributed by atoms with Gasteiger partial charge in [-0.25, -0.2) is 0 Å². The van der Waals surface area contributed by atoms with Crippen molar-refractivity contribution in [2.45, 2.75) is 19.1 Å². The van der Waals surface area contributed by atoms with Crippen LogP contribution in [-0.4, -0.2) is 24.5 Å². The minimum absolute atomic E-state index is 0.0633. The van der Waals surface area contributed by atoms with Gasteiger partial charge in [-0.3, -0.25) is 4.98 Å². The zero-order chi connectivity index (χ0) is 10.3. The van der Waals surface area contributed by atoms with Crippen LogP contribution in [0, 0.1) is 0 Å². The molecule has 3 nitrogen and oxygen atoms in total. The van der Waals surface area contributed by atoms with Gasteiger partial charge >= 0.3 is 0 Å². The Morgan fingerprint density at radius 1 is 1.40 bits per heavy atom. The molecular formula is C12H15NO2. The van der Waals surface area contributed by atoms with Gasteiger partial charge in [0.15, 0.2) is 6.29 Å². The summed E-state index contributed by atoms with van der Waals surface area (Å²) in [7, 11) is 0. The Balaban J connectivity index is 1.79. The van der Waals surface area contributed by atoms with Gasteiger partial charge in [0.05, 0.1) is 13.2 Å². The molecule has 0 unspecified atom stereocenters. The van der Waals surface area contributed by atoms with E-state index < -0.39 is 0 Å². The van der Waals surface area contributed by atoms with E-state index in [-0.39, 0.29) is 6.29 Å². The van der Waals surface area contributed by atoms with Crippen molar-refractivity contribution in [3.8, 4) is 0 Å². The van der Waals surface area contributed by atoms with Gasteiger partial charge in [-0.2, -0.15) is 0 Å². The Hall–Kier alpha value is -1.19. The summed E-state index contributed by atoms with van der Waals surface area (Å²) in [4.78, 5) is 4.04. The van der Waals surface area contributed by atoms with Crippen molar-refractivity contribution < 1.29 is 9.47 Å². The fraction of sp³-hybridized carbons (Fsp3) is 0.417. The van der Waals surface area contributed by atoms with Crippen molar-refractivity contribution >= 4 is 6.08 Å². The van der Waals surface area contributed by atoms with E-state index in [2.05, 4.69) is 11.1 Å². The summed E-state index contributed by atoms with van der Waals surface area (Å²) in [5, 5.41) is 0. The van der Waals surface area contributed by atoms with E-state index in [4.69, 9.17) is 9.47 Å². The molecule has 0 saturated carbocycles. The highest BCUT2D eigenvalue weighted by atomic mass is 16.7. The maximum atomic E-state index is 5.43. The average molecular weight is 205 g/mol. The molecule has 0 radical (unpaired) electrons. The summed E-state index contributed by atoms with van der Waals surface area (Å²) < 4.78 is 10.9. The molecule has 1 aliphatic heterocycles. The lowest BCUT2D eigenvalue weighted by atomic mass is 10.2. The number of nitrogens with zero attached hydrogens (tertiary/aromatic N) is 1. The fourth-order valence-electron chi connectivity index (χ4n) is 1.46. The largest absolute Gasteiger partial charge is 0.352 e. The summed E-state index contributed by atoms with van der Waals surface area (Å²) in [5.74, 6) is 0. The Labute approximate surface area is 89.7 Å². The molecule has 1 fully saturated rings. The Bertz CT molecular complexity index is 305. The zero-order valence-electron chi connectivity index (χ0n) is 8.63. The Morgan fingerprint density at radius 2 is 2.27 bits per heavy atom. The number of aromatic nitrogens is 1. The highest BCUT2D eigenvalue weighted by Crippen LogP contribution is 2.10. The van der Waals surface area contributed by atoms with E-state index in [0.717, 1.165) is 31.6 Å². The molecule has 1 saturated heterocycles. The molecule has 1 aromatic rings. The van der Waals surface area contributed by atoms with Gasteiger partial charge in [-0.1, -0.05) is 18.2 Å². The maximum absolute atomic E-state index is 5.43. The predicted molar refractivity (Wildman–Crippen MR) is 58.2 cm³/mol. The summed E-state index contributed by atoms with van der Waals surface area (Å²) >= 11 is 0. The molecule has 0 amide bonds. The molecule has 2 rings (SSSR count). The number of ether oxygens (including phenoxy) is 2. The fourth-order valence-corrected chi connectivity index (χ4v) is 1.46. The number of hydrogen-bond donors (Lipinski definition) is 0. The van der Waals surface area contributed by atoms with Crippen molar-refractivity contribution in [1.82, 2.24) is 4.98 Å². The third kappa shape index (κ3) is 3.46. The standard InChI is InChI=1S/C12H15NO2/c1(4-11-5-2-7-13-10-11)6-12-14-8-3-9-15-12/h1-2,4-5,7,10,12H,3,6,8-9H2. The molecule has 1 aliphatic rings. The Morgan fingerprint density at radius 3 is 3.00 bits per heavy atom. The quantitative estimate of drug-likeness (QED) is 0.758. The van der Waals surface area contributed by atoms with E-state index in [1.807, 2.05) is 24.4 Å². The molecular weight excluding hydrogens is 190 g/mol. The number of pyridine rings is 1. The summed E-state index contributed by atoms with van der Waals surface area (Å²) in [6.45, 7) is 1.62. The lowest BCUT2D eigenvalue weighted by Gasteiger charge is -2.21. The van der Waals surface area contributed by atoms with Crippen LogP contribution in [0.4, 0.5) is 0 Å². The summed E-state index contributed by atoms with van der Waals surface area (Å²) in [5.41, 5.74) is 1.10. The molecule has 3 heteroatoms. The van der Waals surface area contributed by atoms with E-state index in [9.17, 15) is 0 Å². The van der Waals surface area contributed by atoms with Gasteiger partial charge in [-0.05, 0) is 18.1 Å². The van der Waals surface area contributed by atoms with Crippen LogP contribution in [0.1, 0.15) is 18.4 Å². The lowest BCUT2D eigenvalue weighted by molar-refractivity contribution is -0.175. The van der Waals surface area contributed by atoms with Gasteiger partial charge in [0.2, 0.25) is 0 Å². The molecule has 2 heterocycles. The van der Waals surface area contributed by atoms with Gasteiger partial charge in [0, 0.05) is 18.8 Å². The minimum atomic E-state index is -0.0633. The number of rotatable bonds is 3. The smallest absolute Gasteiger partial charge is 0.160 e. The highest BCUT2D eigenvalue weighted by Gasteiger charge is 2.11. The molecule has 0 aromatic carbocycles. The van der Waals surface area contributed by atoms with Crippen molar-refractivity contribution in [3.05, 3.63) is 36.2 Å². The van der Waals surface area contributed by atoms with Crippen LogP contribution in [-0.2, 0) is 9.47 Å². The average Bonchev–Trinajstić information content (AvgIpc) is 2.32. The molecule has 15 heavy (non-hydrogen) atoms. The molecule has 1 aromatic heterocycles. The van der Waals surface area contributed by atoms with Crippen LogP contribution >= 0.6 is 0 Å². The van der Waals surface area contributed by atoms with Gasteiger partial charge in [-0.15, -0.1) is 0 Å². The third-order valence-corrected chi connectivity index (χ3v) is 2.22. The minimum Gasteiger partial charge on any atom is -0.352 e. The molecule has 0 spiro atoms. The summed E-state index contributed by atoms with van der Waals surface area (Å²) in [6.07, 6.45) is 9.44. The lowest BCUT2D eigenvalue weighted by Crippen LogP contribution is -2.23. The monoisotopic (exact) mass is 205 g/mol. The van der Waals surface area contributed by atoms with Gasteiger partial charge in [0.25, 0.3) is 0 Å². The Kier molecular flexibility index (Phi) is 3.88. The first-order valence-electron chi connectivity index (χ1n) is 5.25. The molecule has 0 bridgehead atoms. The molecule has 0 aliphatic carbocycles. The van der Waals surface area contributed by atoms with Crippen molar-refractivity contribution in [2.24, 2.45) is 0 Å². The van der Waals surface area contributed by atoms with Crippen LogP contribution in [0.2, 0.25) is 0 Å². The second kappa shape index (κ2) is 5.63.